The second kappa shape index (κ2) is 7.73. The number of nitrogens with zero attached hydrogens (tertiary/aromatic N) is 1. The molecule has 1 amide bonds. The van der Waals surface area contributed by atoms with E-state index in [1.54, 1.807) is 6.92 Å². The van der Waals surface area contributed by atoms with Crippen LogP contribution in [0.2, 0.25) is 0 Å². The zero-order valence-corrected chi connectivity index (χ0v) is 17.0. The highest BCUT2D eigenvalue weighted by Gasteiger charge is 2.23. The molecule has 0 unspecified atom stereocenters. The number of benzene rings is 1. The summed E-state index contributed by atoms with van der Waals surface area (Å²) in [4.78, 5) is 25.6. The number of ether oxygens (including phenoxy) is 1. The molecule has 1 aliphatic rings. The maximum atomic E-state index is 12.3. The van der Waals surface area contributed by atoms with Crippen molar-refractivity contribution in [3.05, 3.63) is 45.3 Å². The van der Waals surface area contributed by atoms with Crippen molar-refractivity contribution in [1.82, 2.24) is 0 Å². The van der Waals surface area contributed by atoms with Crippen LogP contribution in [0.3, 0.4) is 0 Å². The molecule has 1 aromatic carbocycles. The van der Waals surface area contributed by atoms with E-state index >= 15 is 0 Å². The SMILES string of the molecule is Cc1ccc(S(C)(=O)=O)cc1C(=O)OCC(=O)Nc1sc2c(c1C#N)CCC2. The van der Waals surface area contributed by atoms with E-state index in [0.717, 1.165) is 36.0 Å². The molecule has 1 aliphatic carbocycles. The molecule has 28 heavy (non-hydrogen) atoms. The second-order valence-electron chi connectivity index (χ2n) is 6.55. The first-order valence-corrected chi connectivity index (χ1v) is 11.2. The van der Waals surface area contributed by atoms with Gasteiger partial charge >= 0.3 is 5.97 Å². The van der Waals surface area contributed by atoms with E-state index in [1.807, 2.05) is 0 Å². The van der Waals surface area contributed by atoms with Crippen molar-refractivity contribution in [3.8, 4) is 6.07 Å². The molecule has 1 N–H and O–H groups in total. The Morgan fingerprint density at radius 3 is 2.75 bits per heavy atom. The van der Waals surface area contributed by atoms with Gasteiger partial charge in [-0.15, -0.1) is 11.3 Å². The standard InChI is InChI=1S/C19H18N2O5S2/c1-11-6-7-12(28(2,24)25)8-14(11)19(23)26-10-17(22)21-18-15(9-20)13-4-3-5-16(13)27-18/h6-8H,3-5,10H2,1-2H3,(H,21,22). The van der Waals surface area contributed by atoms with Crippen molar-refractivity contribution in [2.75, 3.05) is 18.2 Å². The summed E-state index contributed by atoms with van der Waals surface area (Å²) < 4.78 is 28.4. The molecule has 0 saturated carbocycles. The first-order chi connectivity index (χ1) is 13.2. The van der Waals surface area contributed by atoms with E-state index in [1.165, 1.54) is 29.5 Å². The Morgan fingerprint density at radius 2 is 2.07 bits per heavy atom. The van der Waals surface area contributed by atoms with E-state index in [4.69, 9.17) is 4.74 Å². The van der Waals surface area contributed by atoms with Crippen LogP contribution >= 0.6 is 11.3 Å². The first-order valence-electron chi connectivity index (χ1n) is 8.53. The summed E-state index contributed by atoms with van der Waals surface area (Å²) in [5.41, 5.74) is 2.10. The summed E-state index contributed by atoms with van der Waals surface area (Å²) >= 11 is 1.38. The molecular weight excluding hydrogens is 400 g/mol. The fraction of sp³-hybridized carbons (Fsp3) is 0.316. The Morgan fingerprint density at radius 1 is 1.32 bits per heavy atom. The van der Waals surface area contributed by atoms with Gasteiger partial charge in [0, 0.05) is 11.1 Å². The van der Waals surface area contributed by atoms with Crippen molar-refractivity contribution in [1.29, 1.82) is 5.26 Å². The predicted octanol–water partition coefficient (Wildman–Crippen LogP) is 2.62. The van der Waals surface area contributed by atoms with Crippen molar-refractivity contribution in [2.45, 2.75) is 31.1 Å². The number of carbonyl (C=O) groups is 2. The van der Waals surface area contributed by atoms with Gasteiger partial charge < -0.3 is 10.1 Å². The average molecular weight is 418 g/mol. The molecule has 1 aromatic heterocycles. The van der Waals surface area contributed by atoms with Crippen LogP contribution in [0.1, 0.15) is 38.3 Å². The lowest BCUT2D eigenvalue weighted by atomic mass is 10.1. The number of carbonyl (C=O) groups excluding carboxylic acids is 2. The third-order valence-corrected chi connectivity index (χ3v) is 6.79. The fourth-order valence-electron chi connectivity index (χ4n) is 3.03. The summed E-state index contributed by atoms with van der Waals surface area (Å²) in [5.74, 6) is -1.34. The average Bonchev–Trinajstić information content (AvgIpc) is 3.19. The molecule has 0 radical (unpaired) electrons. The molecule has 3 rings (SSSR count). The van der Waals surface area contributed by atoms with Gasteiger partial charge in [-0.3, -0.25) is 4.79 Å². The lowest BCUT2D eigenvalue weighted by Gasteiger charge is -2.09. The topological polar surface area (TPSA) is 113 Å². The largest absolute Gasteiger partial charge is 0.452 e. The van der Waals surface area contributed by atoms with E-state index < -0.39 is 28.3 Å². The highest BCUT2D eigenvalue weighted by atomic mass is 32.2. The zero-order valence-electron chi connectivity index (χ0n) is 15.4. The number of thiophene rings is 1. The normalized spacial score (nSPS) is 12.9. The Balaban J connectivity index is 1.67. The number of amides is 1. The van der Waals surface area contributed by atoms with Crippen LogP contribution in [0.15, 0.2) is 23.1 Å². The highest BCUT2D eigenvalue weighted by Crippen LogP contribution is 2.38. The molecule has 0 fully saturated rings. The van der Waals surface area contributed by atoms with Crippen LogP contribution in [0.25, 0.3) is 0 Å². The number of anilines is 1. The Labute approximate surface area is 166 Å². The monoisotopic (exact) mass is 418 g/mol. The minimum absolute atomic E-state index is 0.00117. The zero-order chi connectivity index (χ0) is 20.5. The second-order valence-corrected chi connectivity index (χ2v) is 9.67. The number of nitriles is 1. The van der Waals surface area contributed by atoms with Crippen LogP contribution in [0.4, 0.5) is 5.00 Å². The molecule has 0 saturated heterocycles. The number of nitrogens with one attached hydrogen (secondary N) is 1. The maximum Gasteiger partial charge on any atom is 0.338 e. The predicted molar refractivity (Wildman–Crippen MR) is 104 cm³/mol. The Kier molecular flexibility index (Phi) is 5.54. The van der Waals surface area contributed by atoms with Gasteiger partial charge in [-0.1, -0.05) is 6.07 Å². The van der Waals surface area contributed by atoms with Crippen LogP contribution in [-0.2, 0) is 32.2 Å². The minimum atomic E-state index is -3.47. The molecule has 1 heterocycles. The highest BCUT2D eigenvalue weighted by molar-refractivity contribution is 7.90. The molecule has 0 spiro atoms. The summed E-state index contributed by atoms with van der Waals surface area (Å²) in [6.45, 7) is 1.11. The maximum absolute atomic E-state index is 12.3. The van der Waals surface area contributed by atoms with Gasteiger partial charge in [0.1, 0.15) is 11.1 Å². The first kappa shape index (κ1) is 20.0. The summed E-state index contributed by atoms with van der Waals surface area (Å²) in [5, 5.41) is 12.5. The third-order valence-electron chi connectivity index (χ3n) is 4.48. The van der Waals surface area contributed by atoms with Crippen molar-refractivity contribution in [3.63, 3.8) is 0 Å². The smallest absolute Gasteiger partial charge is 0.338 e. The lowest BCUT2D eigenvalue weighted by molar-refractivity contribution is -0.119. The number of aryl methyl sites for hydroxylation is 2. The summed E-state index contributed by atoms with van der Waals surface area (Å²) in [7, 11) is -3.47. The van der Waals surface area contributed by atoms with E-state index in [9.17, 15) is 23.3 Å². The van der Waals surface area contributed by atoms with E-state index in [2.05, 4.69) is 11.4 Å². The Bertz CT molecular complexity index is 1110. The van der Waals surface area contributed by atoms with Gasteiger partial charge in [-0.05, 0) is 49.4 Å². The van der Waals surface area contributed by atoms with Crippen molar-refractivity contribution >= 4 is 38.1 Å². The number of fused-ring (bicyclic) bond motifs is 1. The van der Waals surface area contributed by atoms with Gasteiger partial charge in [-0.25, -0.2) is 13.2 Å². The van der Waals surface area contributed by atoms with Crippen molar-refractivity contribution < 1.29 is 22.7 Å². The number of hydrogen-bond acceptors (Lipinski definition) is 7. The molecule has 0 aliphatic heterocycles. The minimum Gasteiger partial charge on any atom is -0.452 e. The van der Waals surface area contributed by atoms with Crippen molar-refractivity contribution in [2.24, 2.45) is 0 Å². The van der Waals surface area contributed by atoms with Gasteiger partial charge in [0.25, 0.3) is 5.91 Å². The lowest BCUT2D eigenvalue weighted by Crippen LogP contribution is -2.21. The number of hydrogen-bond donors (Lipinski definition) is 1. The van der Waals surface area contributed by atoms with Gasteiger partial charge in [0.15, 0.2) is 16.4 Å². The quantitative estimate of drug-likeness (QED) is 0.747. The van der Waals surface area contributed by atoms with Gasteiger partial charge in [0.05, 0.1) is 16.0 Å². The number of rotatable bonds is 5. The molecule has 0 bridgehead atoms. The number of sulfone groups is 1. The van der Waals surface area contributed by atoms with Crippen LogP contribution < -0.4 is 5.32 Å². The third kappa shape index (κ3) is 4.08. The molecule has 9 heteroatoms. The molecular formula is C19H18N2O5S2. The molecule has 7 nitrogen and oxygen atoms in total. The van der Waals surface area contributed by atoms with Gasteiger partial charge in [-0.2, -0.15) is 5.26 Å². The summed E-state index contributed by atoms with van der Waals surface area (Å²) in [6, 6.07) is 6.29. The molecule has 2 aromatic rings. The summed E-state index contributed by atoms with van der Waals surface area (Å²) in [6.07, 6.45) is 3.78. The van der Waals surface area contributed by atoms with Gasteiger partial charge in [0.2, 0.25) is 0 Å². The number of esters is 1. The molecule has 0 atom stereocenters. The Hall–Kier alpha value is -2.70. The van der Waals surface area contributed by atoms with Crippen LogP contribution in [0.5, 0.6) is 0 Å². The fourth-order valence-corrected chi connectivity index (χ4v) is 4.94. The van der Waals surface area contributed by atoms with E-state index in [0.29, 0.717) is 16.1 Å². The van der Waals surface area contributed by atoms with Crippen LogP contribution in [0, 0.1) is 18.3 Å². The van der Waals surface area contributed by atoms with Crippen LogP contribution in [-0.4, -0.2) is 33.2 Å². The molecule has 146 valence electrons. The van der Waals surface area contributed by atoms with E-state index in [-0.39, 0.29) is 10.5 Å².